The van der Waals surface area contributed by atoms with Crippen LogP contribution in [-0.4, -0.2) is 16.9 Å². The van der Waals surface area contributed by atoms with Gasteiger partial charge in [0, 0.05) is 22.9 Å². The van der Waals surface area contributed by atoms with Crippen molar-refractivity contribution in [2.24, 2.45) is 11.0 Å². The lowest BCUT2D eigenvalue weighted by Crippen LogP contribution is -2.45. The summed E-state index contributed by atoms with van der Waals surface area (Å²) in [5.41, 5.74) is 3.55. The van der Waals surface area contributed by atoms with Crippen LogP contribution in [0.3, 0.4) is 0 Å². The van der Waals surface area contributed by atoms with E-state index in [0.717, 1.165) is 28.5 Å². The highest BCUT2D eigenvalue weighted by atomic mass is 35.5. The van der Waals surface area contributed by atoms with Crippen molar-refractivity contribution < 1.29 is 4.74 Å². The molecular weight excluding hydrogens is 344 g/mol. The van der Waals surface area contributed by atoms with Crippen LogP contribution in [0.1, 0.15) is 55.7 Å². The largest absolute Gasteiger partial charge is 0.468 e. The van der Waals surface area contributed by atoms with Crippen molar-refractivity contribution >= 4 is 17.3 Å². The molecule has 2 aliphatic heterocycles. The maximum absolute atomic E-state index is 6.49. The summed E-state index contributed by atoms with van der Waals surface area (Å²) in [4.78, 5) is 0. The topological polar surface area (TPSA) is 24.8 Å². The summed E-state index contributed by atoms with van der Waals surface area (Å²) >= 11 is 6.06. The van der Waals surface area contributed by atoms with Gasteiger partial charge in [-0.1, -0.05) is 61.2 Å². The molecule has 1 fully saturated rings. The molecule has 2 atom stereocenters. The minimum absolute atomic E-state index is 0.0556. The van der Waals surface area contributed by atoms with Crippen molar-refractivity contribution in [2.45, 2.75) is 50.8 Å². The zero-order valence-corrected chi connectivity index (χ0v) is 15.5. The zero-order chi connectivity index (χ0) is 17.5. The van der Waals surface area contributed by atoms with E-state index in [-0.39, 0.29) is 12.3 Å². The SMILES string of the molecule is Clc1ccc(C2=NN3[C@H](C2)c2ccccc2O[C@H]3C2CCCCC2)cc1. The summed E-state index contributed by atoms with van der Waals surface area (Å²) in [6.07, 6.45) is 7.41. The first-order chi connectivity index (χ1) is 12.8. The number of nitrogens with zero attached hydrogens (tertiary/aromatic N) is 2. The summed E-state index contributed by atoms with van der Waals surface area (Å²) in [5.74, 6) is 1.60. The van der Waals surface area contributed by atoms with Gasteiger partial charge in [-0.2, -0.15) is 5.10 Å². The van der Waals surface area contributed by atoms with Gasteiger partial charge in [0.15, 0.2) is 6.23 Å². The Morgan fingerprint density at radius 3 is 2.54 bits per heavy atom. The molecule has 3 nitrogen and oxygen atoms in total. The third kappa shape index (κ3) is 2.79. The number of hydrogen-bond donors (Lipinski definition) is 0. The van der Waals surface area contributed by atoms with Crippen molar-refractivity contribution in [2.75, 3.05) is 0 Å². The minimum Gasteiger partial charge on any atom is -0.468 e. The third-order valence-corrected chi connectivity index (χ3v) is 6.21. The van der Waals surface area contributed by atoms with E-state index in [1.165, 1.54) is 37.7 Å². The molecule has 134 valence electrons. The van der Waals surface area contributed by atoms with Crippen molar-refractivity contribution in [3.05, 3.63) is 64.7 Å². The molecule has 0 amide bonds. The van der Waals surface area contributed by atoms with Gasteiger partial charge < -0.3 is 4.74 Å². The van der Waals surface area contributed by atoms with E-state index in [4.69, 9.17) is 21.4 Å². The average molecular weight is 367 g/mol. The van der Waals surface area contributed by atoms with Gasteiger partial charge in [-0.25, -0.2) is 5.01 Å². The van der Waals surface area contributed by atoms with Gasteiger partial charge in [-0.3, -0.25) is 0 Å². The van der Waals surface area contributed by atoms with Crippen LogP contribution in [0.25, 0.3) is 0 Å². The van der Waals surface area contributed by atoms with Gasteiger partial charge >= 0.3 is 0 Å². The van der Waals surface area contributed by atoms with Gasteiger partial charge in [0.05, 0.1) is 11.8 Å². The van der Waals surface area contributed by atoms with Gasteiger partial charge in [-0.15, -0.1) is 0 Å². The summed E-state index contributed by atoms with van der Waals surface area (Å²) in [7, 11) is 0. The van der Waals surface area contributed by atoms with Crippen LogP contribution in [-0.2, 0) is 0 Å². The highest BCUT2D eigenvalue weighted by molar-refractivity contribution is 6.30. The van der Waals surface area contributed by atoms with E-state index in [9.17, 15) is 0 Å². The normalized spacial score (nSPS) is 25.3. The molecule has 5 rings (SSSR count). The molecule has 0 aromatic heterocycles. The molecule has 0 N–H and O–H groups in total. The molecule has 2 aromatic carbocycles. The molecular formula is C22H23ClN2O. The Kier molecular flexibility index (Phi) is 4.12. The third-order valence-electron chi connectivity index (χ3n) is 5.96. The van der Waals surface area contributed by atoms with Crippen LogP contribution in [0.2, 0.25) is 5.02 Å². The Morgan fingerprint density at radius 2 is 1.73 bits per heavy atom. The lowest BCUT2D eigenvalue weighted by atomic mass is 9.86. The molecule has 2 aromatic rings. The Balaban J connectivity index is 1.52. The Bertz CT molecular complexity index is 826. The standard InChI is InChI=1S/C22H23ClN2O/c23-17-12-10-15(11-13-17)19-14-20-18-8-4-5-9-21(18)26-22(25(20)24-19)16-6-2-1-3-7-16/h4-5,8-13,16,20,22H,1-3,6-7,14H2/t20-,22+/m1/s1. The highest BCUT2D eigenvalue weighted by Crippen LogP contribution is 2.46. The maximum Gasteiger partial charge on any atom is 0.190 e. The molecule has 0 saturated heterocycles. The van der Waals surface area contributed by atoms with Crippen molar-refractivity contribution in [1.29, 1.82) is 0 Å². The molecule has 0 unspecified atom stereocenters. The first-order valence-corrected chi connectivity index (χ1v) is 10.0. The molecule has 1 aliphatic carbocycles. The Morgan fingerprint density at radius 1 is 0.962 bits per heavy atom. The summed E-state index contributed by atoms with van der Waals surface area (Å²) in [5, 5.41) is 8.06. The Hall–Kier alpha value is -2.00. The van der Waals surface area contributed by atoms with E-state index in [0.29, 0.717) is 5.92 Å². The first-order valence-electron chi connectivity index (χ1n) is 9.67. The number of benzene rings is 2. The minimum atomic E-state index is 0.0556. The summed E-state index contributed by atoms with van der Waals surface area (Å²) in [6, 6.07) is 16.8. The van der Waals surface area contributed by atoms with E-state index < -0.39 is 0 Å². The quantitative estimate of drug-likeness (QED) is 0.672. The predicted molar refractivity (Wildman–Crippen MR) is 105 cm³/mol. The second-order valence-corrected chi connectivity index (χ2v) is 8.03. The second kappa shape index (κ2) is 6.62. The number of para-hydroxylation sites is 1. The van der Waals surface area contributed by atoms with Gasteiger partial charge in [0.2, 0.25) is 0 Å². The predicted octanol–water partition coefficient (Wildman–Crippen LogP) is 5.79. The van der Waals surface area contributed by atoms with Gasteiger partial charge in [0.1, 0.15) is 5.75 Å². The zero-order valence-electron chi connectivity index (χ0n) is 14.8. The Labute approximate surface area is 159 Å². The average Bonchev–Trinajstić information content (AvgIpc) is 3.14. The number of fused-ring (bicyclic) bond motifs is 3. The van der Waals surface area contributed by atoms with Gasteiger partial charge in [-0.05, 0) is 36.6 Å². The number of hydrazone groups is 1. The number of halogens is 1. The van der Waals surface area contributed by atoms with Crippen molar-refractivity contribution in [1.82, 2.24) is 5.01 Å². The molecule has 0 bridgehead atoms. The van der Waals surface area contributed by atoms with E-state index in [2.05, 4.69) is 41.4 Å². The second-order valence-electron chi connectivity index (χ2n) is 7.60. The monoisotopic (exact) mass is 366 g/mol. The lowest BCUT2D eigenvalue weighted by molar-refractivity contribution is -0.0643. The summed E-state index contributed by atoms with van der Waals surface area (Å²) in [6.45, 7) is 0. The van der Waals surface area contributed by atoms with Crippen molar-refractivity contribution in [3.63, 3.8) is 0 Å². The fourth-order valence-corrected chi connectivity index (χ4v) is 4.74. The molecule has 1 saturated carbocycles. The van der Waals surface area contributed by atoms with Crippen LogP contribution in [0.15, 0.2) is 53.6 Å². The van der Waals surface area contributed by atoms with Crippen LogP contribution in [0, 0.1) is 5.92 Å². The fraction of sp³-hybridized carbons (Fsp3) is 0.409. The number of hydrogen-bond acceptors (Lipinski definition) is 3. The van der Waals surface area contributed by atoms with Crippen molar-refractivity contribution in [3.8, 4) is 5.75 Å². The van der Waals surface area contributed by atoms with Crippen LogP contribution < -0.4 is 4.74 Å². The van der Waals surface area contributed by atoms with Crippen LogP contribution in [0.5, 0.6) is 5.75 Å². The fourth-order valence-electron chi connectivity index (χ4n) is 4.61. The van der Waals surface area contributed by atoms with Crippen LogP contribution >= 0.6 is 11.6 Å². The summed E-state index contributed by atoms with van der Waals surface area (Å²) < 4.78 is 6.49. The van der Waals surface area contributed by atoms with E-state index in [1.54, 1.807) is 0 Å². The van der Waals surface area contributed by atoms with E-state index >= 15 is 0 Å². The molecule has 4 heteroatoms. The number of rotatable bonds is 2. The molecule has 0 radical (unpaired) electrons. The molecule has 26 heavy (non-hydrogen) atoms. The molecule has 2 heterocycles. The maximum atomic E-state index is 6.49. The molecule has 0 spiro atoms. The smallest absolute Gasteiger partial charge is 0.190 e. The number of ether oxygens (including phenoxy) is 1. The van der Waals surface area contributed by atoms with Gasteiger partial charge in [0.25, 0.3) is 0 Å². The highest BCUT2D eigenvalue weighted by Gasteiger charge is 2.43. The lowest BCUT2D eigenvalue weighted by Gasteiger charge is -2.42. The molecule has 3 aliphatic rings. The van der Waals surface area contributed by atoms with E-state index in [1.807, 2.05) is 12.1 Å². The van der Waals surface area contributed by atoms with Crippen LogP contribution in [0.4, 0.5) is 0 Å². The first kappa shape index (κ1) is 16.2.